The molecule has 1 heterocycles. The molecule has 0 amide bonds. The van der Waals surface area contributed by atoms with Crippen molar-refractivity contribution in [3.8, 4) is 0 Å². The second-order valence-electron chi connectivity index (χ2n) is 4.00. The Labute approximate surface area is 74.8 Å². The van der Waals surface area contributed by atoms with Crippen LogP contribution in [-0.2, 0) is 0 Å². The van der Waals surface area contributed by atoms with Gasteiger partial charge in [-0.25, -0.2) is 0 Å². The topological polar surface area (TPSA) is 3.24 Å². The molecule has 2 fully saturated rings. The quantitative estimate of drug-likeness (QED) is 0.577. The van der Waals surface area contributed by atoms with Crippen molar-refractivity contribution in [1.29, 1.82) is 0 Å². The minimum atomic E-state index is 0.709. The van der Waals surface area contributed by atoms with Crippen LogP contribution in [0.1, 0.15) is 19.3 Å². The van der Waals surface area contributed by atoms with E-state index in [-0.39, 0.29) is 0 Å². The summed E-state index contributed by atoms with van der Waals surface area (Å²) in [6, 6.07) is 0. The molecule has 1 saturated carbocycles. The summed E-state index contributed by atoms with van der Waals surface area (Å²) >= 11 is 0. The average Bonchev–Trinajstić information content (AvgIpc) is 2.82. The second kappa shape index (κ2) is 2.96. The Kier molecular flexibility index (Phi) is 1.95. The molecule has 0 bridgehead atoms. The maximum Gasteiger partial charge on any atom is 0.0238 e. The van der Waals surface area contributed by atoms with E-state index in [0.717, 1.165) is 5.92 Å². The van der Waals surface area contributed by atoms with Crippen LogP contribution in [0.3, 0.4) is 0 Å². The van der Waals surface area contributed by atoms with E-state index in [1.54, 1.807) is 0 Å². The van der Waals surface area contributed by atoms with Crippen LogP contribution in [0.4, 0.5) is 0 Å². The van der Waals surface area contributed by atoms with Gasteiger partial charge in [-0.1, -0.05) is 12.7 Å². The Balaban J connectivity index is 1.89. The standard InChI is InChI=1S/C11H17N/c1-3-10-6-7-12(8-10)9(2)11-4-5-11/h3,10-11H,1-2,4-8H2. The highest BCUT2D eigenvalue weighted by molar-refractivity contribution is 5.09. The summed E-state index contributed by atoms with van der Waals surface area (Å²) in [5, 5.41) is 0. The Hall–Kier alpha value is -0.720. The lowest BCUT2D eigenvalue weighted by molar-refractivity contribution is 0.396. The number of hydrogen-bond acceptors (Lipinski definition) is 1. The predicted molar refractivity (Wildman–Crippen MR) is 51.7 cm³/mol. The van der Waals surface area contributed by atoms with Gasteiger partial charge in [-0.2, -0.15) is 0 Å². The molecule has 1 atom stereocenters. The van der Waals surface area contributed by atoms with Crippen molar-refractivity contribution in [2.75, 3.05) is 13.1 Å². The lowest BCUT2D eigenvalue weighted by Crippen LogP contribution is -2.20. The smallest absolute Gasteiger partial charge is 0.0238 e. The van der Waals surface area contributed by atoms with Crippen molar-refractivity contribution >= 4 is 0 Å². The second-order valence-corrected chi connectivity index (χ2v) is 4.00. The summed E-state index contributed by atoms with van der Waals surface area (Å²) < 4.78 is 0. The molecular weight excluding hydrogens is 146 g/mol. The molecule has 2 aliphatic rings. The molecule has 1 unspecified atom stereocenters. The molecule has 1 heteroatoms. The lowest BCUT2D eigenvalue weighted by atomic mass is 10.1. The van der Waals surface area contributed by atoms with Crippen molar-refractivity contribution in [2.24, 2.45) is 11.8 Å². The zero-order valence-corrected chi connectivity index (χ0v) is 7.63. The number of allylic oxidation sites excluding steroid dienone is 1. The van der Waals surface area contributed by atoms with E-state index in [1.807, 2.05) is 0 Å². The lowest BCUT2D eigenvalue weighted by Gasteiger charge is -2.20. The molecular formula is C11H17N. The van der Waals surface area contributed by atoms with E-state index in [2.05, 4.69) is 24.1 Å². The summed E-state index contributed by atoms with van der Waals surface area (Å²) in [7, 11) is 0. The Morgan fingerprint density at radius 1 is 1.33 bits per heavy atom. The first kappa shape index (κ1) is 7.90. The van der Waals surface area contributed by atoms with Crippen LogP contribution in [0.2, 0.25) is 0 Å². The maximum absolute atomic E-state index is 4.16. The molecule has 0 aromatic heterocycles. The summed E-state index contributed by atoms with van der Waals surface area (Å²) in [5.41, 5.74) is 1.39. The van der Waals surface area contributed by atoms with Gasteiger partial charge in [0, 0.05) is 18.8 Å². The summed E-state index contributed by atoms with van der Waals surface area (Å²) in [6.45, 7) is 10.4. The predicted octanol–water partition coefficient (Wildman–Crippen LogP) is 2.42. The highest BCUT2D eigenvalue weighted by Gasteiger charge is 2.31. The maximum atomic E-state index is 4.16. The van der Waals surface area contributed by atoms with Crippen LogP contribution in [0.25, 0.3) is 0 Å². The molecule has 0 radical (unpaired) electrons. The van der Waals surface area contributed by atoms with Crippen molar-refractivity contribution in [1.82, 2.24) is 4.90 Å². The first-order valence-electron chi connectivity index (χ1n) is 4.87. The highest BCUT2D eigenvalue weighted by Crippen LogP contribution is 2.38. The summed E-state index contributed by atoms with van der Waals surface area (Å²) in [6.07, 6.45) is 6.09. The SMILES string of the molecule is C=CC1CCN(C(=C)C2CC2)C1. The molecule has 2 rings (SSSR count). The number of hydrogen-bond donors (Lipinski definition) is 0. The van der Waals surface area contributed by atoms with Crippen LogP contribution in [-0.4, -0.2) is 18.0 Å². The third-order valence-corrected chi connectivity index (χ3v) is 3.01. The van der Waals surface area contributed by atoms with Crippen molar-refractivity contribution < 1.29 is 0 Å². The number of nitrogens with zero attached hydrogens (tertiary/aromatic N) is 1. The number of rotatable bonds is 3. The molecule has 0 N–H and O–H groups in total. The van der Waals surface area contributed by atoms with Gasteiger partial charge >= 0.3 is 0 Å². The van der Waals surface area contributed by atoms with E-state index in [9.17, 15) is 0 Å². The normalized spacial score (nSPS) is 29.0. The minimum Gasteiger partial charge on any atom is -0.374 e. The van der Waals surface area contributed by atoms with Gasteiger partial charge in [-0.3, -0.25) is 0 Å². The van der Waals surface area contributed by atoms with E-state index in [4.69, 9.17) is 0 Å². The van der Waals surface area contributed by atoms with Crippen molar-refractivity contribution in [2.45, 2.75) is 19.3 Å². The minimum absolute atomic E-state index is 0.709. The average molecular weight is 163 g/mol. The Morgan fingerprint density at radius 3 is 2.58 bits per heavy atom. The molecule has 0 aromatic carbocycles. The zero-order chi connectivity index (χ0) is 8.55. The van der Waals surface area contributed by atoms with Gasteiger partial charge in [0.15, 0.2) is 0 Å². The molecule has 1 aliphatic heterocycles. The first-order valence-corrected chi connectivity index (χ1v) is 4.87. The van der Waals surface area contributed by atoms with E-state index in [0.29, 0.717) is 5.92 Å². The molecule has 66 valence electrons. The van der Waals surface area contributed by atoms with Crippen LogP contribution >= 0.6 is 0 Å². The molecule has 0 aromatic rings. The van der Waals surface area contributed by atoms with Gasteiger partial charge in [-0.15, -0.1) is 6.58 Å². The summed E-state index contributed by atoms with van der Waals surface area (Å²) in [4.78, 5) is 2.45. The van der Waals surface area contributed by atoms with Gasteiger partial charge in [0.05, 0.1) is 0 Å². The monoisotopic (exact) mass is 163 g/mol. The van der Waals surface area contributed by atoms with Crippen molar-refractivity contribution in [3.63, 3.8) is 0 Å². The van der Waals surface area contributed by atoms with Crippen LogP contribution in [0.5, 0.6) is 0 Å². The third kappa shape index (κ3) is 1.40. The van der Waals surface area contributed by atoms with Crippen LogP contribution < -0.4 is 0 Å². The Bertz CT molecular complexity index is 203. The van der Waals surface area contributed by atoms with Gasteiger partial charge in [0.1, 0.15) is 0 Å². The zero-order valence-electron chi connectivity index (χ0n) is 7.63. The van der Waals surface area contributed by atoms with Gasteiger partial charge in [0.2, 0.25) is 0 Å². The largest absolute Gasteiger partial charge is 0.374 e. The van der Waals surface area contributed by atoms with Gasteiger partial charge in [-0.05, 0) is 31.1 Å². The third-order valence-electron chi connectivity index (χ3n) is 3.01. The fourth-order valence-electron chi connectivity index (χ4n) is 1.92. The van der Waals surface area contributed by atoms with Crippen LogP contribution in [0.15, 0.2) is 24.9 Å². The molecule has 1 nitrogen and oxygen atoms in total. The van der Waals surface area contributed by atoms with Crippen molar-refractivity contribution in [3.05, 3.63) is 24.9 Å². The molecule has 1 saturated heterocycles. The van der Waals surface area contributed by atoms with Gasteiger partial charge in [0.25, 0.3) is 0 Å². The van der Waals surface area contributed by atoms with E-state index >= 15 is 0 Å². The Morgan fingerprint density at radius 2 is 2.08 bits per heavy atom. The van der Waals surface area contributed by atoms with Crippen LogP contribution in [0, 0.1) is 11.8 Å². The molecule has 12 heavy (non-hydrogen) atoms. The highest BCUT2D eigenvalue weighted by atomic mass is 15.2. The fourth-order valence-corrected chi connectivity index (χ4v) is 1.92. The summed E-state index contributed by atoms with van der Waals surface area (Å²) in [5.74, 6) is 1.54. The first-order chi connectivity index (χ1) is 5.81. The van der Waals surface area contributed by atoms with E-state index in [1.165, 1.54) is 38.0 Å². The van der Waals surface area contributed by atoms with Gasteiger partial charge < -0.3 is 4.90 Å². The van der Waals surface area contributed by atoms with E-state index < -0.39 is 0 Å². The molecule has 0 spiro atoms. The number of likely N-dealkylation sites (tertiary alicyclic amines) is 1. The fraction of sp³-hybridized carbons (Fsp3) is 0.636. The molecule has 1 aliphatic carbocycles.